The van der Waals surface area contributed by atoms with Crippen molar-refractivity contribution in [3.63, 3.8) is 0 Å². The molecule has 3 amide bonds. The van der Waals surface area contributed by atoms with Crippen LogP contribution in [0.3, 0.4) is 0 Å². The van der Waals surface area contributed by atoms with Crippen LogP contribution < -0.4 is 10.6 Å². The number of aliphatic hydroxyl groups is 1. The first-order valence-corrected chi connectivity index (χ1v) is 12.5. The predicted octanol–water partition coefficient (Wildman–Crippen LogP) is 4.16. The highest BCUT2D eigenvalue weighted by Gasteiger charge is 2.43. The molecule has 198 valence electrons. The highest BCUT2D eigenvalue weighted by atomic mass is 16.6. The second-order valence-electron chi connectivity index (χ2n) is 10.6. The van der Waals surface area contributed by atoms with Crippen molar-refractivity contribution in [3.8, 4) is 0 Å². The van der Waals surface area contributed by atoms with E-state index in [2.05, 4.69) is 10.6 Å². The molecule has 2 unspecified atom stereocenters. The first-order valence-electron chi connectivity index (χ1n) is 12.5. The number of nitrogens with one attached hydrogen (secondary N) is 2. The Labute approximate surface area is 210 Å². The summed E-state index contributed by atoms with van der Waals surface area (Å²) in [4.78, 5) is 41.6. The fourth-order valence-electron chi connectivity index (χ4n) is 3.87. The number of nitrogens with zero attached hydrogens (tertiary/aromatic N) is 1. The molecule has 1 rings (SSSR count). The molecule has 0 fully saturated rings. The van der Waals surface area contributed by atoms with E-state index in [1.165, 1.54) is 4.90 Å². The zero-order valence-corrected chi connectivity index (χ0v) is 22.9. The predicted molar refractivity (Wildman–Crippen MR) is 138 cm³/mol. The summed E-state index contributed by atoms with van der Waals surface area (Å²) >= 11 is 0. The van der Waals surface area contributed by atoms with Crippen molar-refractivity contribution >= 4 is 17.9 Å². The van der Waals surface area contributed by atoms with E-state index < -0.39 is 41.8 Å². The van der Waals surface area contributed by atoms with E-state index in [-0.39, 0.29) is 5.91 Å². The maximum absolute atomic E-state index is 14.0. The number of carbonyl (C=O) groups is 3. The minimum Gasteiger partial charge on any atom is -0.444 e. The minimum absolute atomic E-state index is 0.292. The zero-order chi connectivity index (χ0) is 27.0. The Bertz CT molecular complexity index is 856. The molecule has 1 aromatic carbocycles. The summed E-state index contributed by atoms with van der Waals surface area (Å²) in [5, 5.41) is 15.6. The van der Waals surface area contributed by atoms with Crippen molar-refractivity contribution in [1.29, 1.82) is 0 Å². The van der Waals surface area contributed by atoms with Gasteiger partial charge in [0.1, 0.15) is 17.7 Å². The Hall–Kier alpha value is -2.61. The monoisotopic (exact) mass is 491 g/mol. The number of carbonyl (C=O) groups excluding carboxylic acids is 3. The van der Waals surface area contributed by atoms with Gasteiger partial charge < -0.3 is 25.4 Å². The molecule has 0 bridgehead atoms. The Kier molecular flexibility index (Phi) is 11.2. The average Bonchev–Trinajstić information content (AvgIpc) is 2.75. The summed E-state index contributed by atoms with van der Waals surface area (Å²) in [6.07, 6.45) is 1.47. The summed E-state index contributed by atoms with van der Waals surface area (Å²) < 4.78 is 5.30. The van der Waals surface area contributed by atoms with Crippen molar-refractivity contribution in [3.05, 3.63) is 34.9 Å². The zero-order valence-electron chi connectivity index (χ0n) is 22.9. The van der Waals surface area contributed by atoms with E-state index in [1.807, 2.05) is 59.7 Å². The number of ether oxygens (including phenoxy) is 1. The van der Waals surface area contributed by atoms with Crippen molar-refractivity contribution in [1.82, 2.24) is 15.5 Å². The van der Waals surface area contributed by atoms with Gasteiger partial charge in [-0.15, -0.1) is 0 Å². The van der Waals surface area contributed by atoms with Gasteiger partial charge in [-0.25, -0.2) is 4.79 Å². The first kappa shape index (κ1) is 30.4. The summed E-state index contributed by atoms with van der Waals surface area (Å²) in [6, 6.07) is 3.53. The van der Waals surface area contributed by atoms with Gasteiger partial charge in [-0.1, -0.05) is 38.5 Å². The minimum atomic E-state index is -1.27. The van der Waals surface area contributed by atoms with Gasteiger partial charge in [0.25, 0.3) is 0 Å². The first-order chi connectivity index (χ1) is 16.2. The van der Waals surface area contributed by atoms with E-state index in [4.69, 9.17) is 4.74 Å². The fraction of sp³-hybridized carbons (Fsp3) is 0.667. The van der Waals surface area contributed by atoms with Gasteiger partial charge in [-0.2, -0.15) is 0 Å². The fourth-order valence-corrected chi connectivity index (χ4v) is 3.87. The van der Waals surface area contributed by atoms with Crippen LogP contribution >= 0.6 is 0 Å². The molecule has 8 nitrogen and oxygen atoms in total. The smallest absolute Gasteiger partial charge is 0.408 e. The molecule has 1 aromatic rings. The maximum Gasteiger partial charge on any atom is 0.408 e. The Morgan fingerprint density at radius 3 is 2.09 bits per heavy atom. The maximum atomic E-state index is 14.0. The third kappa shape index (κ3) is 8.53. The van der Waals surface area contributed by atoms with Gasteiger partial charge in [-0.3, -0.25) is 9.59 Å². The number of alkyl carbamates (subject to hydrolysis) is 1. The van der Waals surface area contributed by atoms with Crippen LogP contribution in [-0.4, -0.2) is 58.2 Å². The highest BCUT2D eigenvalue weighted by Crippen LogP contribution is 2.35. The number of unbranched alkanes of at least 4 members (excludes halogenated alkanes) is 1. The molecule has 0 aliphatic heterocycles. The second kappa shape index (κ2) is 12.9. The van der Waals surface area contributed by atoms with E-state index >= 15 is 0 Å². The van der Waals surface area contributed by atoms with E-state index in [1.54, 1.807) is 20.8 Å². The van der Waals surface area contributed by atoms with Crippen LogP contribution in [0.5, 0.6) is 0 Å². The van der Waals surface area contributed by atoms with Gasteiger partial charge in [0.15, 0.2) is 0 Å². The lowest BCUT2D eigenvalue weighted by Gasteiger charge is -2.45. The van der Waals surface area contributed by atoms with E-state index in [0.29, 0.717) is 13.0 Å². The quantitative estimate of drug-likeness (QED) is 0.403. The third-order valence-electron chi connectivity index (χ3n) is 6.08. The molecule has 35 heavy (non-hydrogen) atoms. The average molecular weight is 492 g/mol. The van der Waals surface area contributed by atoms with Crippen molar-refractivity contribution < 1.29 is 24.2 Å². The SMILES string of the molecule is CCCCNC(=O)C(c1c(C)cccc1C)N(C(=O)C(CO)NC(=O)OC(C)(C)C)C(C)(C)CC. The number of amides is 3. The Morgan fingerprint density at radius 1 is 1.06 bits per heavy atom. The van der Waals surface area contributed by atoms with Gasteiger partial charge in [-0.05, 0) is 78.0 Å². The molecule has 0 heterocycles. The molecule has 0 saturated heterocycles. The van der Waals surface area contributed by atoms with Gasteiger partial charge in [0.2, 0.25) is 11.8 Å². The Morgan fingerprint density at radius 2 is 1.63 bits per heavy atom. The molecule has 3 N–H and O–H groups in total. The van der Waals surface area contributed by atoms with Crippen molar-refractivity contribution in [2.75, 3.05) is 13.2 Å². The largest absolute Gasteiger partial charge is 0.444 e. The molecule has 0 aliphatic rings. The normalized spacial score (nSPS) is 13.5. The van der Waals surface area contributed by atoms with Crippen LogP contribution in [-0.2, 0) is 14.3 Å². The van der Waals surface area contributed by atoms with Gasteiger partial charge in [0.05, 0.1) is 6.61 Å². The van der Waals surface area contributed by atoms with Gasteiger partial charge >= 0.3 is 6.09 Å². The van der Waals surface area contributed by atoms with Crippen LogP contribution in [0.2, 0.25) is 0 Å². The molecule has 0 spiro atoms. The molecule has 0 aliphatic carbocycles. The van der Waals surface area contributed by atoms with Crippen LogP contribution in [0.1, 0.15) is 90.5 Å². The number of aliphatic hydroxyl groups excluding tert-OH is 1. The molecule has 0 saturated carbocycles. The highest BCUT2D eigenvalue weighted by molar-refractivity contribution is 5.93. The standard InChI is InChI=1S/C27H45N3O5/c1-10-12-16-28-23(32)22(21-18(3)14-13-15-19(21)4)30(27(8,9)11-2)24(33)20(17-31)29-25(34)35-26(5,6)7/h13-15,20,22,31H,10-12,16-17H2,1-9H3,(H,28,32)(H,29,34). The van der Waals surface area contributed by atoms with Crippen LogP contribution in [0.4, 0.5) is 4.79 Å². The summed E-state index contributed by atoms with van der Waals surface area (Å²) in [6.45, 7) is 16.6. The lowest BCUT2D eigenvalue weighted by molar-refractivity contribution is -0.150. The third-order valence-corrected chi connectivity index (χ3v) is 6.08. The summed E-state index contributed by atoms with van der Waals surface area (Å²) in [5.74, 6) is -0.844. The number of hydrogen-bond donors (Lipinski definition) is 3. The Balaban J connectivity index is 3.60. The van der Waals surface area contributed by atoms with Crippen LogP contribution in [0.25, 0.3) is 0 Å². The summed E-state index contributed by atoms with van der Waals surface area (Å²) in [7, 11) is 0. The topological polar surface area (TPSA) is 108 Å². The van der Waals surface area contributed by atoms with E-state index in [9.17, 15) is 19.5 Å². The molecule has 2 atom stereocenters. The number of aryl methyl sites for hydroxylation is 2. The number of benzene rings is 1. The lowest BCUT2D eigenvalue weighted by atomic mass is 9.88. The summed E-state index contributed by atoms with van der Waals surface area (Å²) in [5.41, 5.74) is 0.971. The lowest BCUT2D eigenvalue weighted by Crippen LogP contribution is -2.60. The molecule has 8 heteroatoms. The molecular formula is C27H45N3O5. The van der Waals surface area contributed by atoms with Gasteiger partial charge in [0, 0.05) is 12.1 Å². The van der Waals surface area contributed by atoms with Crippen molar-refractivity contribution in [2.45, 2.75) is 105 Å². The van der Waals surface area contributed by atoms with Crippen LogP contribution in [0, 0.1) is 13.8 Å². The number of rotatable bonds is 11. The number of hydrogen-bond acceptors (Lipinski definition) is 5. The molecular weight excluding hydrogens is 446 g/mol. The molecule has 0 radical (unpaired) electrons. The van der Waals surface area contributed by atoms with E-state index in [0.717, 1.165) is 29.5 Å². The second-order valence-corrected chi connectivity index (χ2v) is 10.6. The molecule has 0 aromatic heterocycles. The van der Waals surface area contributed by atoms with Crippen LogP contribution in [0.15, 0.2) is 18.2 Å². The van der Waals surface area contributed by atoms with Crippen molar-refractivity contribution in [2.24, 2.45) is 0 Å².